The number of rotatable bonds is 26. The van der Waals surface area contributed by atoms with Crippen LogP contribution in [-0.2, 0) is 14.3 Å². The molecule has 34 heavy (non-hydrogen) atoms. The summed E-state index contributed by atoms with van der Waals surface area (Å²) in [6, 6.07) is 0. The molecule has 0 rings (SSSR count). The Hall–Kier alpha value is -1.36. The number of carbonyl (C=O) groups is 2. The van der Waals surface area contributed by atoms with E-state index in [-0.39, 0.29) is 12.5 Å². The van der Waals surface area contributed by atoms with Gasteiger partial charge < -0.3 is 9.84 Å². The van der Waals surface area contributed by atoms with Crippen molar-refractivity contribution in [1.82, 2.24) is 4.90 Å². The van der Waals surface area contributed by atoms with E-state index < -0.39 is 5.97 Å². The number of carboxylic acid groups (broad SMARTS) is 1. The van der Waals surface area contributed by atoms with E-state index in [0.717, 1.165) is 25.8 Å². The van der Waals surface area contributed by atoms with Crippen molar-refractivity contribution >= 4 is 11.9 Å². The quantitative estimate of drug-likeness (QED) is 0.0772. The summed E-state index contributed by atoms with van der Waals surface area (Å²) in [5.74, 6) is -0.990. The molecule has 1 N–H and O–H groups in total. The number of aliphatic carboxylic acids is 1. The van der Waals surface area contributed by atoms with E-state index in [1.807, 2.05) is 11.0 Å². The van der Waals surface area contributed by atoms with Crippen LogP contribution in [0.1, 0.15) is 136 Å². The number of hydrogen-bond acceptors (Lipinski definition) is 4. The Balaban J connectivity index is 3.72. The van der Waals surface area contributed by atoms with Gasteiger partial charge in [-0.25, -0.2) is 0 Å². The number of carbonyl (C=O) groups excluding carboxylic acids is 1. The molecule has 0 unspecified atom stereocenters. The summed E-state index contributed by atoms with van der Waals surface area (Å²) in [4.78, 5) is 25.0. The van der Waals surface area contributed by atoms with Crippen LogP contribution in [0.2, 0.25) is 0 Å². The Bertz CT molecular complexity index is 493. The molecular formula is C29H55NO4. The lowest BCUT2D eigenvalue weighted by Gasteiger charge is -2.20. The van der Waals surface area contributed by atoms with E-state index in [0.29, 0.717) is 26.0 Å². The molecule has 0 saturated carbocycles. The van der Waals surface area contributed by atoms with Gasteiger partial charge in [0.25, 0.3) is 0 Å². The molecule has 0 aliphatic heterocycles. The van der Waals surface area contributed by atoms with E-state index in [2.05, 4.69) is 19.9 Å². The van der Waals surface area contributed by atoms with Crippen LogP contribution in [0.25, 0.3) is 0 Å². The van der Waals surface area contributed by atoms with Gasteiger partial charge in [0.1, 0.15) is 0 Å². The van der Waals surface area contributed by atoms with Gasteiger partial charge in [-0.1, -0.05) is 116 Å². The van der Waals surface area contributed by atoms with E-state index in [1.165, 1.54) is 89.9 Å². The monoisotopic (exact) mass is 481 g/mol. The third-order valence-electron chi connectivity index (χ3n) is 6.24. The first-order chi connectivity index (χ1) is 16.6. The van der Waals surface area contributed by atoms with Crippen molar-refractivity contribution in [2.24, 2.45) is 0 Å². The second kappa shape index (κ2) is 26.2. The Morgan fingerprint density at radius 3 is 1.74 bits per heavy atom. The second-order valence-electron chi connectivity index (χ2n) is 9.66. The number of unbranched alkanes of at least 4 members (excludes halogenated alkanes) is 15. The largest absolute Gasteiger partial charge is 0.480 e. The fraction of sp³-hybridized carbons (Fsp3) is 0.862. The molecule has 0 saturated heterocycles. The van der Waals surface area contributed by atoms with E-state index >= 15 is 0 Å². The number of ether oxygens (including phenoxy) is 1. The molecular weight excluding hydrogens is 426 g/mol. The highest BCUT2D eigenvalue weighted by Crippen LogP contribution is 2.12. The van der Waals surface area contributed by atoms with Crippen molar-refractivity contribution in [3.05, 3.63) is 12.2 Å². The zero-order chi connectivity index (χ0) is 25.1. The van der Waals surface area contributed by atoms with E-state index in [1.54, 1.807) is 0 Å². The summed E-state index contributed by atoms with van der Waals surface area (Å²) in [5.41, 5.74) is 0. The molecule has 0 aromatic heterocycles. The lowest BCUT2D eigenvalue weighted by molar-refractivity contribution is -0.143. The Labute approximate surface area is 210 Å². The van der Waals surface area contributed by atoms with Crippen LogP contribution in [0.3, 0.4) is 0 Å². The van der Waals surface area contributed by atoms with Gasteiger partial charge >= 0.3 is 11.9 Å². The summed E-state index contributed by atoms with van der Waals surface area (Å²) in [7, 11) is 0. The van der Waals surface area contributed by atoms with Gasteiger partial charge in [0.05, 0.1) is 19.6 Å². The zero-order valence-electron chi connectivity index (χ0n) is 22.5. The predicted molar refractivity (Wildman–Crippen MR) is 143 cm³/mol. The van der Waals surface area contributed by atoms with E-state index in [9.17, 15) is 14.7 Å². The fourth-order valence-corrected chi connectivity index (χ4v) is 4.16. The standard InChI is InChI=1S/C29H55NO4/c1-3-5-7-9-11-12-13-14-15-17-19-21-24-30(27-28(31)32)25-22-26-34-29(33)23-20-18-16-10-8-6-4-2/h18,20H,3-17,19,21-27H2,1-2H3,(H,31,32). The van der Waals surface area contributed by atoms with Gasteiger partial charge in [-0.3, -0.25) is 14.5 Å². The van der Waals surface area contributed by atoms with Crippen LogP contribution in [-0.4, -0.2) is 48.2 Å². The van der Waals surface area contributed by atoms with Gasteiger partial charge in [0.15, 0.2) is 0 Å². The molecule has 200 valence electrons. The fourth-order valence-electron chi connectivity index (χ4n) is 4.16. The minimum Gasteiger partial charge on any atom is -0.480 e. The van der Waals surface area contributed by atoms with Crippen molar-refractivity contribution in [2.45, 2.75) is 136 Å². The molecule has 0 fully saturated rings. The van der Waals surface area contributed by atoms with Crippen molar-refractivity contribution in [1.29, 1.82) is 0 Å². The lowest BCUT2D eigenvalue weighted by atomic mass is 10.1. The maximum absolute atomic E-state index is 11.8. The third-order valence-corrected chi connectivity index (χ3v) is 6.24. The summed E-state index contributed by atoms with van der Waals surface area (Å²) in [5, 5.41) is 9.17. The minimum atomic E-state index is -0.792. The van der Waals surface area contributed by atoms with Gasteiger partial charge in [-0.15, -0.1) is 0 Å². The molecule has 0 radical (unpaired) electrons. The number of esters is 1. The summed E-state index contributed by atoms with van der Waals surface area (Å²) in [6.07, 6.45) is 26.6. The zero-order valence-corrected chi connectivity index (χ0v) is 22.5. The van der Waals surface area contributed by atoms with Gasteiger partial charge in [-0.05, 0) is 32.2 Å². The molecule has 0 aromatic rings. The molecule has 0 aromatic carbocycles. The highest BCUT2D eigenvalue weighted by molar-refractivity contribution is 5.71. The number of hydrogen-bond donors (Lipinski definition) is 1. The first-order valence-electron chi connectivity index (χ1n) is 14.3. The lowest BCUT2D eigenvalue weighted by Crippen LogP contribution is -2.32. The van der Waals surface area contributed by atoms with Crippen molar-refractivity contribution in [3.63, 3.8) is 0 Å². The first kappa shape index (κ1) is 32.6. The van der Waals surface area contributed by atoms with Crippen molar-refractivity contribution < 1.29 is 19.4 Å². The third kappa shape index (κ3) is 25.3. The SMILES string of the molecule is CCCCCCC=CCC(=O)OCCCN(CCCCCCCCCCCCCC)CC(=O)O. The summed E-state index contributed by atoms with van der Waals surface area (Å²) >= 11 is 0. The molecule has 0 heterocycles. The van der Waals surface area contributed by atoms with Crippen LogP contribution >= 0.6 is 0 Å². The highest BCUT2D eigenvalue weighted by atomic mass is 16.5. The Kier molecular flexibility index (Phi) is 25.2. The van der Waals surface area contributed by atoms with Crippen molar-refractivity contribution in [2.75, 3.05) is 26.2 Å². The van der Waals surface area contributed by atoms with E-state index in [4.69, 9.17) is 4.74 Å². The van der Waals surface area contributed by atoms with Gasteiger partial charge in [0.2, 0.25) is 0 Å². The normalized spacial score (nSPS) is 11.5. The molecule has 0 spiro atoms. The summed E-state index contributed by atoms with van der Waals surface area (Å²) < 4.78 is 5.30. The van der Waals surface area contributed by atoms with Crippen LogP contribution in [0, 0.1) is 0 Å². The molecule has 0 amide bonds. The molecule has 0 bridgehead atoms. The molecule has 0 aliphatic rings. The number of allylic oxidation sites excluding steroid dienone is 1. The maximum Gasteiger partial charge on any atom is 0.317 e. The smallest absolute Gasteiger partial charge is 0.317 e. The number of carboxylic acids is 1. The van der Waals surface area contributed by atoms with Gasteiger partial charge in [0, 0.05) is 6.54 Å². The van der Waals surface area contributed by atoms with Gasteiger partial charge in [-0.2, -0.15) is 0 Å². The minimum absolute atomic E-state index is 0.0622. The molecule has 5 heteroatoms. The molecule has 0 atom stereocenters. The average molecular weight is 482 g/mol. The second-order valence-corrected chi connectivity index (χ2v) is 9.66. The number of nitrogens with zero attached hydrogens (tertiary/aromatic N) is 1. The molecule has 5 nitrogen and oxygen atoms in total. The molecule has 0 aliphatic carbocycles. The van der Waals surface area contributed by atoms with Crippen LogP contribution in [0.15, 0.2) is 12.2 Å². The average Bonchev–Trinajstić information content (AvgIpc) is 2.81. The van der Waals surface area contributed by atoms with Crippen LogP contribution < -0.4 is 0 Å². The first-order valence-corrected chi connectivity index (χ1v) is 14.3. The topological polar surface area (TPSA) is 66.8 Å². The maximum atomic E-state index is 11.8. The van der Waals surface area contributed by atoms with Crippen LogP contribution in [0.5, 0.6) is 0 Å². The predicted octanol–water partition coefficient (Wildman–Crippen LogP) is 7.92. The summed E-state index contributed by atoms with van der Waals surface area (Å²) in [6.45, 7) is 6.34. The van der Waals surface area contributed by atoms with Crippen LogP contribution in [0.4, 0.5) is 0 Å². The Morgan fingerprint density at radius 1 is 0.676 bits per heavy atom. The van der Waals surface area contributed by atoms with Crippen molar-refractivity contribution in [3.8, 4) is 0 Å². The Morgan fingerprint density at radius 2 is 1.18 bits per heavy atom. The highest BCUT2D eigenvalue weighted by Gasteiger charge is 2.10.